The summed E-state index contributed by atoms with van der Waals surface area (Å²) in [5.74, 6) is -0.609. The molecular weight excluding hydrogens is 386 g/mol. The SMILES string of the molecule is O=C(c1ccc(Cn2cccn2)cc1)N(CCCO)S(=O)(=O)c1cccs1. The van der Waals surface area contributed by atoms with Crippen molar-refractivity contribution < 1.29 is 18.3 Å². The van der Waals surface area contributed by atoms with E-state index in [2.05, 4.69) is 5.10 Å². The van der Waals surface area contributed by atoms with Crippen molar-refractivity contribution in [3.05, 3.63) is 71.4 Å². The molecule has 0 bridgehead atoms. The molecule has 0 atom stereocenters. The summed E-state index contributed by atoms with van der Waals surface area (Å²) in [5.41, 5.74) is 1.22. The summed E-state index contributed by atoms with van der Waals surface area (Å²) in [5, 5.41) is 14.9. The van der Waals surface area contributed by atoms with Gasteiger partial charge in [0.15, 0.2) is 0 Å². The van der Waals surface area contributed by atoms with Crippen LogP contribution in [0.4, 0.5) is 0 Å². The van der Waals surface area contributed by atoms with E-state index < -0.39 is 15.9 Å². The van der Waals surface area contributed by atoms with Gasteiger partial charge in [-0.2, -0.15) is 5.10 Å². The zero-order chi connectivity index (χ0) is 19.3. The van der Waals surface area contributed by atoms with Gasteiger partial charge in [0, 0.05) is 31.1 Å². The van der Waals surface area contributed by atoms with Crippen LogP contribution in [0.3, 0.4) is 0 Å². The molecule has 3 aromatic rings. The Bertz CT molecular complexity index is 966. The molecule has 27 heavy (non-hydrogen) atoms. The van der Waals surface area contributed by atoms with Crippen LogP contribution in [0.2, 0.25) is 0 Å². The first kappa shape index (κ1) is 19.3. The van der Waals surface area contributed by atoms with Crippen molar-refractivity contribution in [3.8, 4) is 0 Å². The van der Waals surface area contributed by atoms with Crippen molar-refractivity contribution in [3.63, 3.8) is 0 Å². The number of thiophene rings is 1. The summed E-state index contributed by atoms with van der Waals surface area (Å²) in [6.45, 7) is 0.278. The summed E-state index contributed by atoms with van der Waals surface area (Å²) in [4.78, 5) is 12.9. The molecule has 0 saturated carbocycles. The van der Waals surface area contributed by atoms with Crippen molar-refractivity contribution in [1.29, 1.82) is 0 Å². The van der Waals surface area contributed by atoms with Crippen LogP contribution >= 0.6 is 11.3 Å². The first-order chi connectivity index (χ1) is 13.0. The van der Waals surface area contributed by atoms with Crippen LogP contribution in [0, 0.1) is 0 Å². The molecule has 2 aromatic heterocycles. The fourth-order valence-electron chi connectivity index (χ4n) is 2.54. The summed E-state index contributed by atoms with van der Waals surface area (Å²) in [6, 6.07) is 11.7. The van der Waals surface area contributed by atoms with Gasteiger partial charge < -0.3 is 5.11 Å². The van der Waals surface area contributed by atoms with Crippen LogP contribution in [0.25, 0.3) is 0 Å². The van der Waals surface area contributed by atoms with Gasteiger partial charge in [0.25, 0.3) is 15.9 Å². The Balaban J connectivity index is 1.83. The highest BCUT2D eigenvalue weighted by molar-refractivity contribution is 7.91. The molecular formula is C18H19N3O4S2. The minimum atomic E-state index is -3.95. The van der Waals surface area contributed by atoms with Crippen molar-refractivity contribution in [2.75, 3.05) is 13.2 Å². The second-order valence-corrected chi connectivity index (χ2v) is 8.83. The highest BCUT2D eigenvalue weighted by Crippen LogP contribution is 2.23. The Morgan fingerprint density at radius 2 is 1.96 bits per heavy atom. The van der Waals surface area contributed by atoms with Crippen LogP contribution in [-0.2, 0) is 16.6 Å². The van der Waals surface area contributed by atoms with Crippen LogP contribution < -0.4 is 0 Å². The van der Waals surface area contributed by atoms with Gasteiger partial charge in [-0.05, 0) is 41.6 Å². The molecule has 3 rings (SSSR count). The molecule has 0 aliphatic heterocycles. The number of carbonyl (C=O) groups excluding carboxylic acids is 1. The van der Waals surface area contributed by atoms with Crippen molar-refractivity contribution in [2.24, 2.45) is 0 Å². The molecule has 7 nitrogen and oxygen atoms in total. The van der Waals surface area contributed by atoms with E-state index in [-0.39, 0.29) is 29.3 Å². The fraction of sp³-hybridized carbons (Fsp3) is 0.222. The molecule has 142 valence electrons. The molecule has 0 saturated heterocycles. The summed E-state index contributed by atoms with van der Waals surface area (Å²) in [6.07, 6.45) is 3.70. The molecule has 1 N–H and O–H groups in total. The monoisotopic (exact) mass is 405 g/mol. The quantitative estimate of drug-likeness (QED) is 0.620. The van der Waals surface area contributed by atoms with Crippen LogP contribution in [0.15, 0.2) is 64.4 Å². The average Bonchev–Trinajstić information content (AvgIpc) is 3.36. The Labute approximate surface area is 161 Å². The number of aliphatic hydroxyl groups is 1. The number of rotatable bonds is 8. The molecule has 2 heterocycles. The standard InChI is InChI=1S/C18H19N3O4S2/c22-12-3-11-21(27(24,25)17-4-1-13-26-17)18(23)16-7-5-15(6-8-16)14-20-10-2-9-19-20/h1-2,4-10,13,22H,3,11-12,14H2. The number of amides is 1. The van der Waals surface area contributed by atoms with Crippen LogP contribution in [-0.4, -0.2) is 46.7 Å². The summed E-state index contributed by atoms with van der Waals surface area (Å²) >= 11 is 1.05. The van der Waals surface area contributed by atoms with Crippen LogP contribution in [0.5, 0.6) is 0 Å². The molecule has 0 radical (unpaired) electrons. The lowest BCUT2D eigenvalue weighted by molar-refractivity contribution is 0.0856. The van der Waals surface area contributed by atoms with Gasteiger partial charge in [-0.25, -0.2) is 12.7 Å². The molecule has 0 fully saturated rings. The lowest BCUT2D eigenvalue weighted by Crippen LogP contribution is -2.37. The number of nitrogens with zero attached hydrogens (tertiary/aromatic N) is 3. The first-order valence-corrected chi connectivity index (χ1v) is 10.6. The molecule has 9 heteroatoms. The molecule has 0 spiro atoms. The van der Waals surface area contributed by atoms with Crippen molar-refractivity contribution in [1.82, 2.24) is 14.1 Å². The Morgan fingerprint density at radius 3 is 2.56 bits per heavy atom. The molecule has 0 aliphatic rings. The van der Waals surface area contributed by atoms with Crippen molar-refractivity contribution in [2.45, 2.75) is 17.2 Å². The van der Waals surface area contributed by atoms with E-state index in [1.165, 1.54) is 6.07 Å². The van der Waals surface area contributed by atoms with E-state index in [0.717, 1.165) is 21.2 Å². The molecule has 1 aromatic carbocycles. The van der Waals surface area contributed by atoms with Gasteiger partial charge in [0.05, 0.1) is 6.54 Å². The lowest BCUT2D eigenvalue weighted by atomic mass is 10.1. The predicted molar refractivity (Wildman–Crippen MR) is 102 cm³/mol. The second kappa shape index (κ2) is 8.47. The number of aliphatic hydroxyl groups excluding tert-OH is 1. The third-order valence-corrected chi connectivity index (χ3v) is 7.05. The Hall–Kier alpha value is -2.49. The van der Waals surface area contributed by atoms with E-state index in [1.807, 2.05) is 12.3 Å². The first-order valence-electron chi connectivity index (χ1n) is 8.30. The van der Waals surface area contributed by atoms with E-state index in [4.69, 9.17) is 5.11 Å². The maximum Gasteiger partial charge on any atom is 0.276 e. The summed E-state index contributed by atoms with van der Waals surface area (Å²) < 4.78 is 28.3. The minimum Gasteiger partial charge on any atom is -0.396 e. The Kier molecular flexibility index (Phi) is 6.04. The van der Waals surface area contributed by atoms with Gasteiger partial charge in [-0.15, -0.1) is 11.3 Å². The molecule has 0 unspecified atom stereocenters. The van der Waals surface area contributed by atoms with Gasteiger partial charge in [0.1, 0.15) is 4.21 Å². The lowest BCUT2D eigenvalue weighted by Gasteiger charge is -2.21. The van der Waals surface area contributed by atoms with Crippen molar-refractivity contribution >= 4 is 27.3 Å². The van der Waals surface area contributed by atoms with Gasteiger partial charge in [-0.1, -0.05) is 18.2 Å². The smallest absolute Gasteiger partial charge is 0.276 e. The average molecular weight is 406 g/mol. The normalized spacial score (nSPS) is 11.4. The highest BCUT2D eigenvalue weighted by atomic mass is 32.2. The van der Waals surface area contributed by atoms with Gasteiger partial charge in [-0.3, -0.25) is 9.48 Å². The maximum atomic E-state index is 12.9. The van der Waals surface area contributed by atoms with Crippen LogP contribution in [0.1, 0.15) is 22.3 Å². The minimum absolute atomic E-state index is 0.0788. The third kappa shape index (κ3) is 4.44. The zero-order valence-electron chi connectivity index (χ0n) is 14.4. The number of hydrogen-bond donors (Lipinski definition) is 1. The van der Waals surface area contributed by atoms with E-state index in [1.54, 1.807) is 46.6 Å². The number of aromatic nitrogens is 2. The second-order valence-electron chi connectivity index (χ2n) is 5.79. The van der Waals surface area contributed by atoms with E-state index >= 15 is 0 Å². The van der Waals surface area contributed by atoms with Gasteiger partial charge >= 0.3 is 0 Å². The molecule has 1 amide bonds. The zero-order valence-corrected chi connectivity index (χ0v) is 16.1. The van der Waals surface area contributed by atoms with E-state index in [0.29, 0.717) is 6.54 Å². The number of sulfonamides is 1. The number of carbonyl (C=O) groups is 1. The molecule has 0 aliphatic carbocycles. The largest absolute Gasteiger partial charge is 0.396 e. The highest BCUT2D eigenvalue weighted by Gasteiger charge is 2.30. The fourth-order valence-corrected chi connectivity index (χ4v) is 5.07. The summed E-state index contributed by atoms with van der Waals surface area (Å²) in [7, 11) is -3.95. The predicted octanol–water partition coefficient (Wildman–Crippen LogP) is 2.21. The third-order valence-electron chi connectivity index (χ3n) is 3.89. The maximum absolute atomic E-state index is 12.9. The van der Waals surface area contributed by atoms with E-state index in [9.17, 15) is 13.2 Å². The van der Waals surface area contributed by atoms with Gasteiger partial charge in [0.2, 0.25) is 0 Å². The number of benzene rings is 1. The topological polar surface area (TPSA) is 92.5 Å². The number of hydrogen-bond acceptors (Lipinski definition) is 6. The Morgan fingerprint density at radius 1 is 1.19 bits per heavy atom.